The zero-order valence-electron chi connectivity index (χ0n) is 16.8. The van der Waals surface area contributed by atoms with Crippen LogP contribution in [0.1, 0.15) is 11.5 Å². The highest BCUT2D eigenvalue weighted by atomic mass is 35.5. The number of imidazole rings is 1. The fourth-order valence-corrected chi connectivity index (χ4v) is 3.86. The number of H-pyrrole nitrogens is 1. The number of aromatic amines is 1. The van der Waals surface area contributed by atoms with E-state index in [1.807, 2.05) is 18.2 Å². The minimum Gasteiger partial charge on any atom is -0.395 e. The lowest BCUT2D eigenvalue weighted by atomic mass is 10.2. The highest BCUT2D eigenvalue weighted by Crippen LogP contribution is 2.20. The summed E-state index contributed by atoms with van der Waals surface area (Å²) in [5.74, 6) is 0.695. The molecule has 30 heavy (non-hydrogen) atoms. The standard InChI is InChI=1S/C20H23ClN6O3/c1-25-16(5-6-22-7-8-28)24-18-17(25)19(29)27(20(30)26(18)2)11-14-10-12-9-13(21)3-4-15(12)23-14/h3-4,9-10,22-23,28H,5-8,11H2,1-2H3. The third-order valence-corrected chi connectivity index (χ3v) is 5.47. The van der Waals surface area contributed by atoms with Crippen LogP contribution in [0.15, 0.2) is 33.9 Å². The van der Waals surface area contributed by atoms with Crippen molar-refractivity contribution in [3.05, 3.63) is 61.6 Å². The number of aryl methyl sites for hydroxylation is 2. The van der Waals surface area contributed by atoms with E-state index in [2.05, 4.69) is 15.3 Å². The van der Waals surface area contributed by atoms with Gasteiger partial charge in [0.2, 0.25) is 0 Å². The summed E-state index contributed by atoms with van der Waals surface area (Å²) in [6.07, 6.45) is 0.571. The number of nitrogens with zero attached hydrogens (tertiary/aromatic N) is 4. The maximum Gasteiger partial charge on any atom is 0.332 e. The summed E-state index contributed by atoms with van der Waals surface area (Å²) >= 11 is 6.05. The van der Waals surface area contributed by atoms with Crippen LogP contribution in [0.2, 0.25) is 5.02 Å². The molecule has 158 valence electrons. The van der Waals surface area contributed by atoms with Crippen molar-refractivity contribution in [2.24, 2.45) is 14.1 Å². The molecule has 0 saturated heterocycles. The van der Waals surface area contributed by atoms with Crippen molar-refractivity contribution in [2.45, 2.75) is 13.0 Å². The number of halogens is 1. The van der Waals surface area contributed by atoms with E-state index >= 15 is 0 Å². The number of aliphatic hydroxyl groups excluding tert-OH is 1. The molecule has 3 heterocycles. The summed E-state index contributed by atoms with van der Waals surface area (Å²) in [6, 6.07) is 7.37. The van der Waals surface area contributed by atoms with Gasteiger partial charge < -0.3 is 20.0 Å². The second-order valence-electron chi connectivity index (χ2n) is 7.24. The maximum atomic E-state index is 13.2. The number of benzene rings is 1. The molecule has 4 rings (SSSR count). The van der Waals surface area contributed by atoms with Crippen LogP contribution in [0.25, 0.3) is 22.1 Å². The van der Waals surface area contributed by atoms with Crippen molar-refractivity contribution in [2.75, 3.05) is 19.7 Å². The molecule has 9 nitrogen and oxygen atoms in total. The molecule has 0 amide bonds. The summed E-state index contributed by atoms with van der Waals surface area (Å²) in [5.41, 5.74) is 1.57. The largest absolute Gasteiger partial charge is 0.395 e. The summed E-state index contributed by atoms with van der Waals surface area (Å²) in [6.45, 7) is 1.27. The third-order valence-electron chi connectivity index (χ3n) is 5.23. The molecule has 0 saturated carbocycles. The van der Waals surface area contributed by atoms with Crippen molar-refractivity contribution in [1.82, 2.24) is 29.0 Å². The molecule has 0 atom stereocenters. The Kier molecular flexibility index (Phi) is 5.50. The Morgan fingerprint density at radius 3 is 2.73 bits per heavy atom. The first-order chi connectivity index (χ1) is 14.4. The van der Waals surface area contributed by atoms with E-state index in [4.69, 9.17) is 16.7 Å². The molecule has 1 aromatic carbocycles. The predicted molar refractivity (Wildman–Crippen MR) is 116 cm³/mol. The monoisotopic (exact) mass is 430 g/mol. The van der Waals surface area contributed by atoms with Crippen LogP contribution in [0.5, 0.6) is 0 Å². The van der Waals surface area contributed by atoms with Crippen molar-refractivity contribution < 1.29 is 5.11 Å². The van der Waals surface area contributed by atoms with Gasteiger partial charge in [-0.05, 0) is 24.3 Å². The normalized spacial score (nSPS) is 11.7. The van der Waals surface area contributed by atoms with E-state index in [1.165, 1.54) is 9.13 Å². The van der Waals surface area contributed by atoms with Crippen LogP contribution in [-0.4, -0.2) is 48.5 Å². The van der Waals surface area contributed by atoms with Crippen molar-refractivity contribution in [1.29, 1.82) is 0 Å². The molecular weight excluding hydrogens is 408 g/mol. The average Bonchev–Trinajstić information content (AvgIpc) is 3.27. The molecule has 10 heteroatoms. The zero-order chi connectivity index (χ0) is 21.4. The fourth-order valence-electron chi connectivity index (χ4n) is 3.67. The number of hydrogen-bond donors (Lipinski definition) is 3. The first-order valence-electron chi connectivity index (χ1n) is 9.64. The average molecular weight is 431 g/mol. The van der Waals surface area contributed by atoms with Crippen LogP contribution < -0.4 is 16.6 Å². The van der Waals surface area contributed by atoms with Gasteiger partial charge in [0.25, 0.3) is 5.56 Å². The van der Waals surface area contributed by atoms with Gasteiger partial charge in [0.05, 0.1) is 13.2 Å². The topological polar surface area (TPSA) is 110 Å². The number of aliphatic hydroxyl groups is 1. The fraction of sp³-hybridized carbons (Fsp3) is 0.350. The molecule has 0 unspecified atom stereocenters. The van der Waals surface area contributed by atoms with Crippen LogP contribution in [0.4, 0.5) is 0 Å². The highest BCUT2D eigenvalue weighted by molar-refractivity contribution is 6.31. The molecule has 4 aromatic rings. The van der Waals surface area contributed by atoms with Crippen molar-refractivity contribution >= 4 is 33.7 Å². The molecule has 0 radical (unpaired) electrons. The molecule has 0 aliphatic carbocycles. The lowest BCUT2D eigenvalue weighted by Crippen LogP contribution is -2.39. The Labute approximate surface area is 176 Å². The van der Waals surface area contributed by atoms with Crippen LogP contribution in [-0.2, 0) is 27.1 Å². The Hall–Kier alpha value is -2.88. The molecule has 0 spiro atoms. The van der Waals surface area contributed by atoms with Gasteiger partial charge in [-0.1, -0.05) is 11.6 Å². The van der Waals surface area contributed by atoms with Gasteiger partial charge >= 0.3 is 5.69 Å². The Bertz CT molecular complexity index is 1350. The number of fused-ring (bicyclic) bond motifs is 2. The van der Waals surface area contributed by atoms with E-state index in [1.54, 1.807) is 24.7 Å². The van der Waals surface area contributed by atoms with E-state index in [-0.39, 0.29) is 18.7 Å². The van der Waals surface area contributed by atoms with E-state index in [9.17, 15) is 9.59 Å². The van der Waals surface area contributed by atoms with Gasteiger partial charge in [-0.3, -0.25) is 13.9 Å². The number of rotatable bonds is 7. The highest BCUT2D eigenvalue weighted by Gasteiger charge is 2.19. The van der Waals surface area contributed by atoms with Crippen LogP contribution in [0, 0.1) is 0 Å². The first-order valence-corrected chi connectivity index (χ1v) is 10.0. The second-order valence-corrected chi connectivity index (χ2v) is 7.68. The summed E-state index contributed by atoms with van der Waals surface area (Å²) in [7, 11) is 3.39. The third kappa shape index (κ3) is 3.55. The predicted octanol–water partition coefficient (Wildman–Crippen LogP) is 0.741. The smallest absolute Gasteiger partial charge is 0.332 e. The zero-order valence-corrected chi connectivity index (χ0v) is 17.5. The summed E-state index contributed by atoms with van der Waals surface area (Å²) < 4.78 is 4.35. The number of hydrogen-bond acceptors (Lipinski definition) is 5. The molecule has 0 fully saturated rings. The number of nitrogens with one attached hydrogen (secondary N) is 2. The van der Waals surface area contributed by atoms with Crippen molar-refractivity contribution in [3.63, 3.8) is 0 Å². The molecule has 3 N–H and O–H groups in total. The van der Waals surface area contributed by atoms with Gasteiger partial charge in [0.1, 0.15) is 5.82 Å². The second kappa shape index (κ2) is 8.10. The van der Waals surface area contributed by atoms with Gasteiger partial charge in [0, 0.05) is 55.2 Å². The van der Waals surface area contributed by atoms with E-state index in [0.29, 0.717) is 41.5 Å². The Morgan fingerprint density at radius 2 is 1.97 bits per heavy atom. The van der Waals surface area contributed by atoms with Gasteiger partial charge in [-0.25, -0.2) is 9.78 Å². The molecule has 0 bridgehead atoms. The number of aromatic nitrogens is 5. The molecular formula is C20H23ClN6O3. The molecule has 0 aliphatic heterocycles. The lowest BCUT2D eigenvalue weighted by Gasteiger charge is -2.08. The van der Waals surface area contributed by atoms with Gasteiger partial charge in [0.15, 0.2) is 11.2 Å². The Morgan fingerprint density at radius 1 is 1.17 bits per heavy atom. The van der Waals surface area contributed by atoms with Gasteiger partial charge in [-0.15, -0.1) is 0 Å². The molecule has 3 aromatic heterocycles. The van der Waals surface area contributed by atoms with Crippen molar-refractivity contribution in [3.8, 4) is 0 Å². The van der Waals surface area contributed by atoms with E-state index < -0.39 is 5.69 Å². The quantitative estimate of drug-likeness (QED) is 0.375. The van der Waals surface area contributed by atoms with E-state index in [0.717, 1.165) is 16.6 Å². The van der Waals surface area contributed by atoms with Crippen LogP contribution >= 0.6 is 11.6 Å². The minimum atomic E-state index is -0.424. The summed E-state index contributed by atoms with van der Waals surface area (Å²) in [4.78, 5) is 33.8. The van der Waals surface area contributed by atoms with Gasteiger partial charge in [-0.2, -0.15) is 0 Å². The maximum absolute atomic E-state index is 13.2. The Balaban J connectivity index is 1.75. The minimum absolute atomic E-state index is 0.0573. The lowest BCUT2D eigenvalue weighted by molar-refractivity contribution is 0.292. The van der Waals surface area contributed by atoms with Crippen LogP contribution in [0.3, 0.4) is 0 Å². The SMILES string of the molecule is Cn1c(CCNCCO)nc2c1c(=O)n(Cc1cc3cc(Cl)ccc3[nH]1)c(=O)n2C. The molecule has 0 aliphatic rings. The summed E-state index contributed by atoms with van der Waals surface area (Å²) in [5, 5.41) is 13.5. The first kappa shape index (κ1) is 20.4.